The van der Waals surface area contributed by atoms with E-state index >= 15 is 0 Å². The SMILES string of the molecule is CCCCCCCCOc1cc(C(=O)O)cc(O)c1OCCCCCCCC. The second kappa shape index (κ2) is 15.1. The summed E-state index contributed by atoms with van der Waals surface area (Å²) < 4.78 is 11.5. The number of aromatic carboxylic acids is 1. The van der Waals surface area contributed by atoms with Crippen LogP contribution in [0.25, 0.3) is 0 Å². The molecule has 160 valence electrons. The van der Waals surface area contributed by atoms with E-state index in [0.717, 1.165) is 25.7 Å². The number of phenolic OH excluding ortho intramolecular Hbond substituents is 1. The highest BCUT2D eigenvalue weighted by Gasteiger charge is 2.16. The molecule has 0 saturated carbocycles. The van der Waals surface area contributed by atoms with E-state index in [2.05, 4.69) is 13.8 Å². The number of benzene rings is 1. The number of ether oxygens (including phenoxy) is 2. The number of carboxylic acid groups (broad SMARTS) is 1. The molecule has 1 rings (SSSR count). The number of hydrogen-bond acceptors (Lipinski definition) is 4. The van der Waals surface area contributed by atoms with Crippen LogP contribution < -0.4 is 9.47 Å². The molecule has 0 aliphatic carbocycles. The molecule has 5 heteroatoms. The van der Waals surface area contributed by atoms with Gasteiger partial charge in [-0.15, -0.1) is 0 Å². The maximum atomic E-state index is 11.3. The van der Waals surface area contributed by atoms with Gasteiger partial charge in [-0.1, -0.05) is 78.1 Å². The van der Waals surface area contributed by atoms with Crippen LogP contribution in [-0.4, -0.2) is 29.4 Å². The zero-order valence-corrected chi connectivity index (χ0v) is 17.7. The highest BCUT2D eigenvalue weighted by Crippen LogP contribution is 2.38. The lowest BCUT2D eigenvalue weighted by molar-refractivity contribution is 0.0695. The molecule has 0 aromatic heterocycles. The van der Waals surface area contributed by atoms with Crippen LogP contribution in [0.4, 0.5) is 0 Å². The zero-order valence-electron chi connectivity index (χ0n) is 17.7. The molecular weight excluding hydrogens is 356 g/mol. The highest BCUT2D eigenvalue weighted by molar-refractivity contribution is 5.89. The summed E-state index contributed by atoms with van der Waals surface area (Å²) in [6.07, 6.45) is 13.8. The third-order valence-electron chi connectivity index (χ3n) is 4.78. The van der Waals surface area contributed by atoms with Crippen molar-refractivity contribution in [1.82, 2.24) is 0 Å². The number of aromatic hydroxyl groups is 1. The Morgan fingerprint density at radius 3 is 1.82 bits per heavy atom. The molecule has 0 aliphatic heterocycles. The van der Waals surface area contributed by atoms with Gasteiger partial charge in [-0.25, -0.2) is 4.79 Å². The van der Waals surface area contributed by atoms with Crippen LogP contribution in [0.1, 0.15) is 101 Å². The van der Waals surface area contributed by atoms with Gasteiger partial charge in [0.2, 0.25) is 5.75 Å². The van der Waals surface area contributed by atoms with Gasteiger partial charge in [-0.2, -0.15) is 0 Å². The minimum Gasteiger partial charge on any atom is -0.504 e. The topological polar surface area (TPSA) is 76.0 Å². The predicted octanol–water partition coefficient (Wildman–Crippen LogP) is 6.57. The standard InChI is InChI=1S/C23H38O5/c1-3-5-7-9-11-13-15-27-21-18-19(23(25)26)17-20(24)22(21)28-16-14-12-10-8-6-4-2/h17-18,24H,3-16H2,1-2H3,(H,25,26). The molecule has 1 aromatic carbocycles. The van der Waals surface area contributed by atoms with Crippen molar-refractivity contribution in [2.24, 2.45) is 0 Å². The first-order valence-corrected chi connectivity index (χ1v) is 11.0. The molecule has 0 heterocycles. The van der Waals surface area contributed by atoms with Gasteiger partial charge < -0.3 is 19.7 Å². The van der Waals surface area contributed by atoms with Crippen LogP contribution >= 0.6 is 0 Å². The van der Waals surface area contributed by atoms with E-state index in [4.69, 9.17) is 9.47 Å². The molecular formula is C23H38O5. The quantitative estimate of drug-likeness (QED) is 0.292. The van der Waals surface area contributed by atoms with Crippen molar-refractivity contribution in [2.45, 2.75) is 90.9 Å². The Labute approximate surface area is 170 Å². The van der Waals surface area contributed by atoms with E-state index in [-0.39, 0.29) is 17.1 Å². The van der Waals surface area contributed by atoms with Crippen molar-refractivity contribution in [3.05, 3.63) is 17.7 Å². The number of carboxylic acids is 1. The summed E-state index contributed by atoms with van der Waals surface area (Å²) in [6, 6.07) is 2.66. The Kier molecular flexibility index (Phi) is 13.0. The van der Waals surface area contributed by atoms with Gasteiger partial charge in [-0.05, 0) is 25.0 Å². The van der Waals surface area contributed by atoms with Gasteiger partial charge in [0.1, 0.15) is 0 Å². The summed E-state index contributed by atoms with van der Waals surface area (Å²) in [5.74, 6) is -0.701. The van der Waals surface area contributed by atoms with Gasteiger partial charge in [0.25, 0.3) is 0 Å². The predicted molar refractivity (Wildman–Crippen MR) is 113 cm³/mol. The number of carbonyl (C=O) groups is 1. The number of unbranched alkanes of at least 4 members (excludes halogenated alkanes) is 10. The van der Waals surface area contributed by atoms with E-state index < -0.39 is 5.97 Å². The summed E-state index contributed by atoms with van der Waals surface area (Å²) in [6.45, 7) is 5.36. The maximum absolute atomic E-state index is 11.3. The van der Waals surface area contributed by atoms with Crippen molar-refractivity contribution >= 4 is 5.97 Å². The fraction of sp³-hybridized carbons (Fsp3) is 0.696. The van der Waals surface area contributed by atoms with Crippen molar-refractivity contribution in [3.63, 3.8) is 0 Å². The lowest BCUT2D eigenvalue weighted by Crippen LogP contribution is -2.05. The molecule has 0 aliphatic rings. The van der Waals surface area contributed by atoms with Gasteiger partial charge in [-0.3, -0.25) is 0 Å². The largest absolute Gasteiger partial charge is 0.504 e. The molecule has 0 spiro atoms. The summed E-state index contributed by atoms with van der Waals surface area (Å²) in [5.41, 5.74) is 0.00219. The molecule has 0 radical (unpaired) electrons. The van der Waals surface area contributed by atoms with Gasteiger partial charge in [0.15, 0.2) is 11.5 Å². The maximum Gasteiger partial charge on any atom is 0.335 e. The fourth-order valence-corrected chi connectivity index (χ4v) is 3.08. The minimum atomic E-state index is -1.10. The number of phenols is 1. The van der Waals surface area contributed by atoms with Gasteiger partial charge >= 0.3 is 5.97 Å². The Balaban J connectivity index is 2.54. The highest BCUT2D eigenvalue weighted by atomic mass is 16.5. The zero-order chi connectivity index (χ0) is 20.6. The van der Waals surface area contributed by atoms with Crippen LogP contribution in [0.2, 0.25) is 0 Å². The first-order valence-electron chi connectivity index (χ1n) is 11.0. The first kappa shape index (κ1) is 24.1. The Morgan fingerprint density at radius 2 is 1.29 bits per heavy atom. The van der Waals surface area contributed by atoms with Crippen LogP contribution in [0.3, 0.4) is 0 Å². The Morgan fingerprint density at radius 1 is 0.786 bits per heavy atom. The first-order chi connectivity index (χ1) is 13.6. The summed E-state index contributed by atoms with van der Waals surface area (Å²) >= 11 is 0. The van der Waals surface area contributed by atoms with Crippen LogP contribution in [0.15, 0.2) is 12.1 Å². The van der Waals surface area contributed by atoms with Crippen molar-refractivity contribution < 1.29 is 24.5 Å². The smallest absolute Gasteiger partial charge is 0.335 e. The van der Waals surface area contributed by atoms with Crippen LogP contribution in [-0.2, 0) is 0 Å². The second-order valence-electron chi connectivity index (χ2n) is 7.36. The minimum absolute atomic E-state index is 0.00219. The van der Waals surface area contributed by atoms with Crippen molar-refractivity contribution in [3.8, 4) is 17.2 Å². The van der Waals surface area contributed by atoms with E-state index in [1.54, 1.807) is 0 Å². The second-order valence-corrected chi connectivity index (χ2v) is 7.36. The average Bonchev–Trinajstić information content (AvgIpc) is 2.67. The van der Waals surface area contributed by atoms with E-state index in [0.29, 0.717) is 19.0 Å². The molecule has 0 unspecified atom stereocenters. The van der Waals surface area contributed by atoms with Gasteiger partial charge in [0.05, 0.1) is 18.8 Å². The van der Waals surface area contributed by atoms with Crippen molar-refractivity contribution in [1.29, 1.82) is 0 Å². The van der Waals surface area contributed by atoms with E-state index in [1.165, 1.54) is 63.5 Å². The van der Waals surface area contributed by atoms with E-state index in [1.807, 2.05) is 0 Å². The molecule has 1 aromatic rings. The monoisotopic (exact) mass is 394 g/mol. The van der Waals surface area contributed by atoms with Crippen LogP contribution in [0, 0.1) is 0 Å². The average molecular weight is 395 g/mol. The molecule has 0 amide bonds. The summed E-state index contributed by atoms with van der Waals surface area (Å²) in [4.78, 5) is 11.3. The third kappa shape index (κ3) is 9.86. The number of hydrogen-bond donors (Lipinski definition) is 2. The molecule has 0 bridgehead atoms. The lowest BCUT2D eigenvalue weighted by Gasteiger charge is -2.15. The fourth-order valence-electron chi connectivity index (χ4n) is 3.08. The lowest BCUT2D eigenvalue weighted by atomic mass is 10.1. The third-order valence-corrected chi connectivity index (χ3v) is 4.78. The molecule has 2 N–H and O–H groups in total. The normalized spacial score (nSPS) is 10.8. The number of rotatable bonds is 17. The van der Waals surface area contributed by atoms with Crippen LogP contribution in [0.5, 0.6) is 17.2 Å². The molecule has 28 heavy (non-hydrogen) atoms. The Hall–Kier alpha value is -1.91. The molecule has 5 nitrogen and oxygen atoms in total. The molecule has 0 saturated heterocycles. The summed E-state index contributed by atoms with van der Waals surface area (Å²) in [5, 5.41) is 19.5. The summed E-state index contributed by atoms with van der Waals surface area (Å²) in [7, 11) is 0. The van der Waals surface area contributed by atoms with Crippen molar-refractivity contribution in [2.75, 3.05) is 13.2 Å². The van der Waals surface area contributed by atoms with Gasteiger partial charge in [0, 0.05) is 0 Å². The van der Waals surface area contributed by atoms with E-state index in [9.17, 15) is 15.0 Å². The molecule has 0 fully saturated rings. The molecule has 0 atom stereocenters. The Bertz CT molecular complexity index is 556.